The van der Waals surface area contributed by atoms with Gasteiger partial charge < -0.3 is 26.2 Å². The van der Waals surface area contributed by atoms with Gasteiger partial charge in [-0.2, -0.15) is 0 Å². The molecule has 11 heteroatoms. The van der Waals surface area contributed by atoms with Crippen molar-refractivity contribution in [2.24, 2.45) is 17.6 Å². The third-order valence-electron chi connectivity index (χ3n) is 7.48. The fourth-order valence-corrected chi connectivity index (χ4v) is 5.95. The number of aromatic hydroxyl groups is 1. The van der Waals surface area contributed by atoms with Crippen molar-refractivity contribution < 1.29 is 34.8 Å². The lowest BCUT2D eigenvalue weighted by molar-refractivity contribution is -0.153. The van der Waals surface area contributed by atoms with Gasteiger partial charge in [0.25, 0.3) is 5.91 Å². The van der Waals surface area contributed by atoms with Gasteiger partial charge in [-0.25, -0.2) is 9.97 Å². The van der Waals surface area contributed by atoms with E-state index in [1.165, 1.54) is 17.3 Å². The number of benzene rings is 1. The van der Waals surface area contributed by atoms with Gasteiger partial charge in [0.15, 0.2) is 11.4 Å². The number of fused-ring (bicyclic) bond motifs is 3. The molecule has 0 spiro atoms. The Morgan fingerprint density at radius 2 is 1.81 bits per heavy atom. The largest absolute Gasteiger partial charge is 0.508 e. The number of amides is 1. The summed E-state index contributed by atoms with van der Waals surface area (Å²) in [5.74, 6) is -6.82. The van der Waals surface area contributed by atoms with E-state index in [1.807, 2.05) is 0 Å². The minimum absolute atomic E-state index is 0.0200. The van der Waals surface area contributed by atoms with Gasteiger partial charge in [-0.1, -0.05) is 6.07 Å². The quantitative estimate of drug-likeness (QED) is 0.376. The molecule has 1 fully saturated rings. The number of hydrogen-bond acceptors (Lipinski definition) is 10. The van der Waals surface area contributed by atoms with E-state index < -0.39 is 58.0 Å². The van der Waals surface area contributed by atoms with E-state index in [0.29, 0.717) is 16.7 Å². The number of Topliss-reactive ketones (excluding diaryl/α,β-unsaturated/α-hetero) is 2. The molecular weight excluding hydrogens is 468 g/mol. The number of primary amides is 1. The van der Waals surface area contributed by atoms with E-state index in [9.17, 15) is 34.8 Å². The maximum Gasteiger partial charge on any atom is 0.255 e. The van der Waals surface area contributed by atoms with Gasteiger partial charge >= 0.3 is 0 Å². The zero-order chi connectivity index (χ0) is 26.1. The fraction of sp³-hybridized carbons (Fsp3) is 0.320. The molecule has 1 saturated carbocycles. The minimum atomic E-state index is -2.66. The molecule has 4 atom stereocenters. The molecule has 0 unspecified atom stereocenters. The van der Waals surface area contributed by atoms with Gasteiger partial charge in [0.2, 0.25) is 5.78 Å². The first-order chi connectivity index (χ1) is 17.0. The summed E-state index contributed by atoms with van der Waals surface area (Å²) >= 11 is 0. The molecule has 1 heterocycles. The highest BCUT2D eigenvalue weighted by atomic mass is 16.3. The number of aliphatic hydroxyl groups is 3. The summed E-state index contributed by atoms with van der Waals surface area (Å²) in [4.78, 5) is 48.5. The summed E-state index contributed by atoms with van der Waals surface area (Å²) in [6.07, 6.45) is 4.74. The van der Waals surface area contributed by atoms with E-state index in [4.69, 9.17) is 5.73 Å². The SMILES string of the molecule is CN(C)[C@H]1C(=O)C(C(N)=O)=C(O)[C@]2(O)C(=O)C3=C(O)c4c(O)ccc(-c5cncnc5)c4C[C@@H]3C[C@H]12. The van der Waals surface area contributed by atoms with Crippen molar-refractivity contribution >= 4 is 23.2 Å². The number of rotatable bonds is 3. The van der Waals surface area contributed by atoms with E-state index in [0.717, 1.165) is 0 Å². The number of aromatic nitrogens is 2. The number of phenols is 1. The van der Waals surface area contributed by atoms with E-state index in [2.05, 4.69) is 9.97 Å². The van der Waals surface area contributed by atoms with Crippen molar-refractivity contribution in [3.05, 3.63) is 58.9 Å². The second kappa shape index (κ2) is 7.97. The predicted molar refractivity (Wildman–Crippen MR) is 125 cm³/mol. The zero-order valence-corrected chi connectivity index (χ0v) is 19.5. The molecule has 0 bridgehead atoms. The molecule has 0 aliphatic heterocycles. The Bertz CT molecular complexity index is 1400. The lowest BCUT2D eigenvalue weighted by Crippen LogP contribution is -2.65. The zero-order valence-electron chi connectivity index (χ0n) is 19.5. The minimum Gasteiger partial charge on any atom is -0.508 e. The third kappa shape index (κ3) is 3.02. The van der Waals surface area contributed by atoms with E-state index in [-0.39, 0.29) is 29.7 Å². The molecule has 5 rings (SSSR count). The van der Waals surface area contributed by atoms with Crippen molar-refractivity contribution in [2.75, 3.05) is 14.1 Å². The Morgan fingerprint density at radius 3 is 2.42 bits per heavy atom. The summed E-state index contributed by atoms with van der Waals surface area (Å²) in [5, 5.41) is 44.4. The first-order valence-electron chi connectivity index (χ1n) is 11.2. The maximum absolute atomic E-state index is 13.8. The summed E-state index contributed by atoms with van der Waals surface area (Å²) < 4.78 is 0. The summed E-state index contributed by atoms with van der Waals surface area (Å²) in [6.45, 7) is 0. The number of nitrogens with zero attached hydrogens (tertiary/aromatic N) is 3. The van der Waals surface area contributed by atoms with Crippen molar-refractivity contribution in [3.8, 4) is 16.9 Å². The molecule has 6 N–H and O–H groups in total. The monoisotopic (exact) mass is 492 g/mol. The summed E-state index contributed by atoms with van der Waals surface area (Å²) in [5.41, 5.74) is 3.48. The predicted octanol–water partition coefficient (Wildman–Crippen LogP) is 0.421. The number of carbonyl (C=O) groups is 3. The number of hydrogen-bond donors (Lipinski definition) is 5. The van der Waals surface area contributed by atoms with Crippen LogP contribution in [0, 0.1) is 11.8 Å². The van der Waals surface area contributed by atoms with Crippen LogP contribution in [0.2, 0.25) is 0 Å². The number of ketones is 2. The van der Waals surface area contributed by atoms with Crippen molar-refractivity contribution in [3.63, 3.8) is 0 Å². The van der Waals surface area contributed by atoms with Crippen LogP contribution in [0.1, 0.15) is 17.5 Å². The molecule has 3 aliphatic carbocycles. The van der Waals surface area contributed by atoms with Crippen LogP contribution in [-0.4, -0.2) is 78.5 Å². The van der Waals surface area contributed by atoms with E-state index >= 15 is 0 Å². The second-order valence-corrected chi connectivity index (χ2v) is 9.57. The highest BCUT2D eigenvalue weighted by Crippen LogP contribution is 2.53. The number of nitrogens with two attached hydrogens (primary N) is 1. The molecule has 1 aromatic carbocycles. The Balaban J connectivity index is 1.75. The van der Waals surface area contributed by atoms with Gasteiger partial charge in [0, 0.05) is 29.4 Å². The van der Waals surface area contributed by atoms with Gasteiger partial charge in [-0.15, -0.1) is 0 Å². The standard InChI is InChI=1S/C25H24N4O7/c1-29(2)19-14-6-10-5-13-12(11-7-27-9-28-8-11)3-4-15(30)17(13)20(31)16(10)22(33)25(14,36)23(34)18(21(19)32)24(26)35/h3-4,7-10,14,19,30-31,34,36H,5-6H2,1-2H3,(H2,26,35)/t10-,14-,19-,25-/m1/s1. The number of likely N-dealkylation sites (N-methyl/N-ethyl adjacent to an activating group) is 1. The van der Waals surface area contributed by atoms with Gasteiger partial charge in [-0.05, 0) is 50.0 Å². The highest BCUT2D eigenvalue weighted by molar-refractivity contribution is 6.24. The number of aliphatic hydroxyl groups excluding tert-OH is 2. The molecule has 186 valence electrons. The van der Waals surface area contributed by atoms with Crippen LogP contribution in [0.5, 0.6) is 5.75 Å². The van der Waals surface area contributed by atoms with Crippen molar-refractivity contribution in [1.82, 2.24) is 14.9 Å². The number of carbonyl (C=O) groups excluding carboxylic acids is 3. The molecule has 0 radical (unpaired) electrons. The Labute approximate surface area is 205 Å². The molecule has 3 aliphatic rings. The lowest BCUT2D eigenvalue weighted by atomic mass is 9.57. The normalized spacial score (nSPS) is 27.6. The molecule has 36 heavy (non-hydrogen) atoms. The molecule has 11 nitrogen and oxygen atoms in total. The Kier molecular flexibility index (Phi) is 5.23. The number of phenolic OH excluding ortho intramolecular Hbond substituents is 1. The van der Waals surface area contributed by atoms with Crippen molar-refractivity contribution in [1.29, 1.82) is 0 Å². The van der Waals surface area contributed by atoms with Crippen LogP contribution in [0.25, 0.3) is 16.9 Å². The van der Waals surface area contributed by atoms with Gasteiger partial charge in [-0.3, -0.25) is 19.3 Å². The molecule has 0 saturated heterocycles. The van der Waals surface area contributed by atoms with Gasteiger partial charge in [0.1, 0.15) is 29.2 Å². The summed E-state index contributed by atoms with van der Waals surface area (Å²) in [7, 11) is 3.11. The van der Waals surface area contributed by atoms with E-state index in [1.54, 1.807) is 32.6 Å². The van der Waals surface area contributed by atoms with Crippen LogP contribution in [-0.2, 0) is 20.8 Å². The first-order valence-corrected chi connectivity index (χ1v) is 11.2. The first kappa shape index (κ1) is 23.6. The molecule has 1 amide bonds. The molecule has 1 aromatic heterocycles. The van der Waals surface area contributed by atoms with Crippen LogP contribution >= 0.6 is 0 Å². The second-order valence-electron chi connectivity index (χ2n) is 9.57. The Morgan fingerprint density at radius 1 is 1.14 bits per heavy atom. The topological polar surface area (TPSA) is 187 Å². The molecular formula is C25H24N4O7. The Hall–Kier alpha value is -4.09. The van der Waals surface area contributed by atoms with Crippen LogP contribution in [0.15, 0.2) is 47.8 Å². The lowest BCUT2D eigenvalue weighted by Gasteiger charge is -2.50. The van der Waals surface area contributed by atoms with Crippen molar-refractivity contribution in [2.45, 2.75) is 24.5 Å². The maximum atomic E-state index is 13.8. The molecule has 2 aromatic rings. The summed E-state index contributed by atoms with van der Waals surface area (Å²) in [6, 6.07) is 1.90. The van der Waals surface area contributed by atoms with Gasteiger partial charge in [0.05, 0.1) is 11.6 Å². The fourth-order valence-electron chi connectivity index (χ4n) is 5.95. The van der Waals surface area contributed by atoms with Crippen LogP contribution < -0.4 is 5.73 Å². The average molecular weight is 492 g/mol. The third-order valence-corrected chi connectivity index (χ3v) is 7.48. The average Bonchev–Trinajstić information content (AvgIpc) is 2.81. The van der Waals surface area contributed by atoms with Crippen LogP contribution in [0.4, 0.5) is 0 Å². The van der Waals surface area contributed by atoms with Crippen LogP contribution in [0.3, 0.4) is 0 Å². The smallest absolute Gasteiger partial charge is 0.255 e. The highest BCUT2D eigenvalue weighted by Gasteiger charge is 2.64.